The average Bonchev–Trinajstić information content (AvgIpc) is 3.53. The van der Waals surface area contributed by atoms with E-state index in [0.717, 1.165) is 6.07 Å². The molecule has 2 amide bonds. The molecule has 2 N–H and O–H groups in total. The van der Waals surface area contributed by atoms with Crippen LogP contribution in [0, 0.1) is 24.0 Å². The number of aromatic amines is 1. The van der Waals surface area contributed by atoms with Gasteiger partial charge >= 0.3 is 17.5 Å². The molecular formula is C36H42F2N4O8. The molecule has 4 rings (SSSR count). The fourth-order valence-electron chi connectivity index (χ4n) is 6.37. The molecule has 0 radical (unpaired) electrons. The number of rotatable bonds is 13. The van der Waals surface area contributed by atoms with Gasteiger partial charge in [-0.25, -0.2) is 13.9 Å². The van der Waals surface area contributed by atoms with Crippen molar-refractivity contribution in [3.05, 3.63) is 87.3 Å². The summed E-state index contributed by atoms with van der Waals surface area (Å²) >= 11 is 0. The summed E-state index contributed by atoms with van der Waals surface area (Å²) in [6.45, 7) is 9.72. The normalized spacial score (nSPS) is 17.1. The third kappa shape index (κ3) is 8.17. The topological polar surface area (TPSA) is 157 Å². The van der Waals surface area contributed by atoms with Gasteiger partial charge < -0.3 is 24.4 Å². The quantitative estimate of drug-likeness (QED) is 0.170. The number of likely N-dealkylation sites (tertiary alicyclic amines) is 1. The van der Waals surface area contributed by atoms with E-state index in [0.29, 0.717) is 24.1 Å². The van der Waals surface area contributed by atoms with E-state index in [2.05, 4.69) is 15.5 Å². The molecular weight excluding hydrogens is 654 g/mol. The van der Waals surface area contributed by atoms with E-state index in [4.69, 9.17) is 14.2 Å². The summed E-state index contributed by atoms with van der Waals surface area (Å²) < 4.78 is 45.6. The average molecular weight is 697 g/mol. The van der Waals surface area contributed by atoms with Crippen molar-refractivity contribution in [1.29, 1.82) is 0 Å². The number of halogens is 2. The Morgan fingerprint density at radius 3 is 2.36 bits per heavy atom. The Hall–Kier alpha value is -5.14. The van der Waals surface area contributed by atoms with Gasteiger partial charge in [-0.1, -0.05) is 32.9 Å². The molecule has 4 atom stereocenters. The first-order chi connectivity index (χ1) is 23.7. The Labute approximate surface area is 288 Å². The maximum absolute atomic E-state index is 15.0. The first-order valence-electron chi connectivity index (χ1n) is 16.6. The Bertz CT molecular complexity index is 1790. The van der Waals surface area contributed by atoms with E-state index in [1.54, 1.807) is 33.8 Å². The van der Waals surface area contributed by atoms with Crippen LogP contribution in [0.2, 0.25) is 0 Å². The van der Waals surface area contributed by atoms with E-state index in [-0.39, 0.29) is 36.3 Å². The van der Waals surface area contributed by atoms with E-state index in [9.17, 15) is 28.4 Å². The van der Waals surface area contributed by atoms with Crippen LogP contribution in [0.3, 0.4) is 0 Å². The number of hydrogen-bond donors (Lipinski definition) is 2. The number of carbonyl (C=O) groups is 4. The van der Waals surface area contributed by atoms with Crippen LogP contribution >= 0.6 is 0 Å². The van der Waals surface area contributed by atoms with Crippen LogP contribution in [0.25, 0.3) is 0 Å². The molecule has 0 saturated carbocycles. The fraction of sp³-hybridized carbons (Fsp3) is 0.444. The van der Waals surface area contributed by atoms with Gasteiger partial charge in [0, 0.05) is 31.0 Å². The zero-order chi connectivity index (χ0) is 36.7. The number of aryl methyl sites for hydroxylation is 1. The van der Waals surface area contributed by atoms with Crippen LogP contribution in [0.15, 0.2) is 53.3 Å². The second kappa shape index (κ2) is 16.0. The van der Waals surface area contributed by atoms with Gasteiger partial charge in [-0.05, 0) is 75.4 Å². The second-order valence-corrected chi connectivity index (χ2v) is 12.2. The van der Waals surface area contributed by atoms with Crippen LogP contribution in [-0.2, 0) is 23.9 Å². The minimum absolute atomic E-state index is 0.0927. The Morgan fingerprint density at radius 2 is 1.72 bits per heavy atom. The second-order valence-electron chi connectivity index (χ2n) is 12.2. The summed E-state index contributed by atoms with van der Waals surface area (Å²) in [7, 11) is 0. The molecule has 1 unspecified atom stereocenters. The summed E-state index contributed by atoms with van der Waals surface area (Å²) in [6.07, 6.45) is 0.209. The number of carbonyl (C=O) groups excluding carboxylic acids is 4. The fourth-order valence-corrected chi connectivity index (χ4v) is 6.37. The van der Waals surface area contributed by atoms with Gasteiger partial charge in [0.25, 0.3) is 5.91 Å². The highest BCUT2D eigenvalue weighted by Crippen LogP contribution is 2.48. The first-order valence-corrected chi connectivity index (χ1v) is 16.6. The molecule has 1 saturated heterocycles. The van der Waals surface area contributed by atoms with Gasteiger partial charge in [0.1, 0.15) is 11.9 Å². The molecule has 0 bridgehead atoms. The number of ether oxygens (including phenoxy) is 3. The molecule has 1 aliphatic rings. The number of amides is 2. The van der Waals surface area contributed by atoms with Crippen molar-refractivity contribution in [3.8, 4) is 11.5 Å². The molecule has 1 fully saturated rings. The van der Waals surface area contributed by atoms with E-state index in [1.165, 1.54) is 55.1 Å². The SMILES string of the molecule is CCC(=O)OC(C)OC(=O)C(CC)(CC)[C@H]1CC[C@@H](c2cccc(F)c2)N1C(=O)[C@@H](C)NC(=O)c1ccc(Oc2cc(C)n[nH]c2=O)c(F)c1. The number of benzene rings is 2. The molecule has 50 heavy (non-hydrogen) atoms. The molecule has 0 aliphatic carbocycles. The molecule has 2 aromatic carbocycles. The Kier molecular flexibility index (Phi) is 12.1. The van der Waals surface area contributed by atoms with Crippen molar-refractivity contribution in [3.63, 3.8) is 0 Å². The molecule has 2 heterocycles. The highest BCUT2D eigenvalue weighted by Gasteiger charge is 2.54. The van der Waals surface area contributed by atoms with Gasteiger partial charge in [-0.3, -0.25) is 24.0 Å². The minimum Gasteiger partial charge on any atom is -0.448 e. The maximum Gasteiger partial charge on any atom is 0.317 e. The maximum atomic E-state index is 15.0. The lowest BCUT2D eigenvalue weighted by atomic mass is 9.74. The highest BCUT2D eigenvalue weighted by atomic mass is 19.1. The van der Waals surface area contributed by atoms with Crippen molar-refractivity contribution in [2.45, 2.75) is 98.1 Å². The largest absolute Gasteiger partial charge is 0.448 e. The summed E-state index contributed by atoms with van der Waals surface area (Å²) in [6, 6.07) is 8.02. The Balaban J connectivity index is 1.61. The summed E-state index contributed by atoms with van der Waals surface area (Å²) in [5, 5.41) is 8.60. The molecule has 12 nitrogen and oxygen atoms in total. The van der Waals surface area contributed by atoms with Gasteiger partial charge in [0.15, 0.2) is 17.3 Å². The molecule has 3 aromatic rings. The van der Waals surface area contributed by atoms with E-state index >= 15 is 4.39 Å². The summed E-state index contributed by atoms with van der Waals surface area (Å²) in [4.78, 5) is 66.9. The van der Waals surface area contributed by atoms with Gasteiger partial charge in [0.05, 0.1) is 17.2 Å². The monoisotopic (exact) mass is 696 g/mol. The molecule has 268 valence electrons. The zero-order valence-corrected chi connectivity index (χ0v) is 28.9. The van der Waals surface area contributed by atoms with Crippen molar-refractivity contribution in [1.82, 2.24) is 20.4 Å². The minimum atomic E-state index is -1.23. The van der Waals surface area contributed by atoms with E-state index in [1.807, 2.05) is 0 Å². The van der Waals surface area contributed by atoms with Crippen LogP contribution in [0.1, 0.15) is 94.4 Å². The van der Waals surface area contributed by atoms with Gasteiger partial charge in [0.2, 0.25) is 12.2 Å². The molecule has 1 aromatic heterocycles. The predicted octanol–water partition coefficient (Wildman–Crippen LogP) is 5.65. The lowest BCUT2D eigenvalue weighted by molar-refractivity contribution is -0.195. The third-order valence-corrected chi connectivity index (χ3v) is 9.07. The number of nitrogens with zero attached hydrogens (tertiary/aromatic N) is 2. The predicted molar refractivity (Wildman–Crippen MR) is 177 cm³/mol. The van der Waals surface area contributed by atoms with Crippen molar-refractivity contribution in [2.24, 2.45) is 5.41 Å². The van der Waals surface area contributed by atoms with Crippen molar-refractivity contribution in [2.75, 3.05) is 0 Å². The standard InChI is InChI=1S/C36H42F2N4O8/c1-7-31(43)48-22(6)49-35(47)36(8-2,9-3)30-16-14-27(23-11-10-12-25(37)18-23)42(30)34(46)21(5)39-32(44)24-13-15-28(26(38)19-24)50-29-17-20(4)40-41-33(29)45/h10-13,15,17-19,21-22,27,30H,7-9,14,16H2,1-6H3,(H,39,44)(H,41,45)/t21-,22?,27+,30-/m1/s1. The Morgan fingerprint density at radius 1 is 1.00 bits per heavy atom. The third-order valence-electron chi connectivity index (χ3n) is 9.07. The lowest BCUT2D eigenvalue weighted by Crippen LogP contribution is -2.56. The van der Waals surface area contributed by atoms with Gasteiger partial charge in [-0.2, -0.15) is 5.10 Å². The number of esters is 2. The van der Waals surface area contributed by atoms with E-state index < -0.39 is 70.8 Å². The zero-order valence-electron chi connectivity index (χ0n) is 28.9. The van der Waals surface area contributed by atoms with Crippen LogP contribution in [0.5, 0.6) is 11.5 Å². The summed E-state index contributed by atoms with van der Waals surface area (Å²) in [5.41, 5.74) is -1.07. The van der Waals surface area contributed by atoms with Crippen LogP contribution in [0.4, 0.5) is 8.78 Å². The first kappa shape index (κ1) is 37.7. The van der Waals surface area contributed by atoms with Gasteiger partial charge in [-0.15, -0.1) is 0 Å². The number of H-pyrrole nitrogens is 1. The van der Waals surface area contributed by atoms with Crippen molar-refractivity contribution < 1.29 is 42.2 Å². The van der Waals surface area contributed by atoms with Crippen LogP contribution < -0.4 is 15.6 Å². The smallest absolute Gasteiger partial charge is 0.317 e. The summed E-state index contributed by atoms with van der Waals surface area (Å²) in [5.74, 6) is -4.43. The highest BCUT2D eigenvalue weighted by molar-refractivity contribution is 5.98. The number of hydrogen-bond acceptors (Lipinski definition) is 9. The van der Waals surface area contributed by atoms with Crippen LogP contribution in [-0.4, -0.2) is 57.2 Å². The number of nitrogens with one attached hydrogen (secondary N) is 2. The van der Waals surface area contributed by atoms with Crippen molar-refractivity contribution >= 4 is 23.8 Å². The number of aromatic nitrogens is 2. The molecule has 1 aliphatic heterocycles. The molecule has 0 spiro atoms. The lowest BCUT2D eigenvalue weighted by Gasteiger charge is -2.43. The molecule has 14 heteroatoms.